The molecule has 1 atom stereocenters. The molecule has 0 aliphatic heterocycles. The molecule has 20 heavy (non-hydrogen) atoms. The molecule has 1 aromatic heterocycles. The Balaban J connectivity index is 2.23. The summed E-state index contributed by atoms with van der Waals surface area (Å²) in [7, 11) is 1.82. The maximum Gasteiger partial charge on any atom is 0.133 e. The molecule has 0 fully saturated rings. The second-order valence-electron chi connectivity index (χ2n) is 5.10. The summed E-state index contributed by atoms with van der Waals surface area (Å²) in [4.78, 5) is 0. The Bertz CT molecular complexity index is 620. The Morgan fingerprint density at radius 1 is 1.40 bits per heavy atom. The van der Waals surface area contributed by atoms with E-state index in [9.17, 15) is 0 Å². The molecule has 2 rings (SSSR count). The van der Waals surface area contributed by atoms with Crippen molar-refractivity contribution in [2.75, 3.05) is 0 Å². The van der Waals surface area contributed by atoms with Gasteiger partial charge in [0, 0.05) is 24.2 Å². The Labute approximate surface area is 124 Å². The zero-order valence-electron chi connectivity index (χ0n) is 12.3. The lowest BCUT2D eigenvalue weighted by Crippen LogP contribution is -2.08. The van der Waals surface area contributed by atoms with Crippen LogP contribution in [0, 0.1) is 13.8 Å². The zero-order chi connectivity index (χ0) is 14.9. The van der Waals surface area contributed by atoms with E-state index in [4.69, 9.17) is 22.1 Å². The van der Waals surface area contributed by atoms with E-state index < -0.39 is 0 Å². The van der Waals surface area contributed by atoms with Gasteiger partial charge >= 0.3 is 0 Å². The van der Waals surface area contributed by atoms with Crippen molar-refractivity contribution in [1.82, 2.24) is 9.78 Å². The minimum Gasteiger partial charge on any atom is -0.488 e. The quantitative estimate of drug-likeness (QED) is 0.941. The summed E-state index contributed by atoms with van der Waals surface area (Å²) in [6, 6.07) is 5.94. The van der Waals surface area contributed by atoms with E-state index in [1.54, 1.807) is 4.68 Å². The van der Waals surface area contributed by atoms with Crippen molar-refractivity contribution in [1.29, 1.82) is 0 Å². The van der Waals surface area contributed by atoms with Gasteiger partial charge in [0.15, 0.2) is 0 Å². The van der Waals surface area contributed by atoms with Crippen LogP contribution in [0.5, 0.6) is 5.75 Å². The van der Waals surface area contributed by atoms with Crippen LogP contribution in [0.15, 0.2) is 18.2 Å². The van der Waals surface area contributed by atoms with Gasteiger partial charge in [0.1, 0.15) is 17.5 Å². The predicted molar refractivity (Wildman–Crippen MR) is 81.1 cm³/mol. The normalized spacial score (nSPS) is 12.5. The number of halogens is 1. The van der Waals surface area contributed by atoms with Gasteiger partial charge in [0.2, 0.25) is 0 Å². The molecule has 0 amide bonds. The molecule has 0 aliphatic rings. The van der Waals surface area contributed by atoms with Crippen molar-refractivity contribution < 1.29 is 4.74 Å². The molecule has 5 heteroatoms. The van der Waals surface area contributed by atoms with Crippen LogP contribution in [0.1, 0.15) is 35.3 Å². The lowest BCUT2D eigenvalue weighted by molar-refractivity contribution is 0.300. The van der Waals surface area contributed by atoms with E-state index in [0.29, 0.717) is 11.8 Å². The minimum absolute atomic E-state index is 0.0737. The number of nitrogens with zero attached hydrogens (tertiary/aromatic N) is 2. The molecule has 2 aromatic rings. The first-order valence-electron chi connectivity index (χ1n) is 6.57. The Kier molecular flexibility index (Phi) is 4.35. The molecule has 0 bridgehead atoms. The van der Waals surface area contributed by atoms with Crippen LogP contribution in [-0.2, 0) is 13.7 Å². The first-order valence-corrected chi connectivity index (χ1v) is 6.95. The van der Waals surface area contributed by atoms with Crippen LogP contribution in [-0.4, -0.2) is 9.78 Å². The second-order valence-corrected chi connectivity index (χ2v) is 5.46. The van der Waals surface area contributed by atoms with Gasteiger partial charge in [-0.25, -0.2) is 0 Å². The number of ether oxygens (including phenoxy) is 1. The summed E-state index contributed by atoms with van der Waals surface area (Å²) in [5, 5.41) is 4.88. The third-order valence-corrected chi connectivity index (χ3v) is 3.77. The maximum absolute atomic E-state index is 6.20. The summed E-state index contributed by atoms with van der Waals surface area (Å²) in [6.07, 6.45) is 0. The third-order valence-electron chi connectivity index (χ3n) is 3.30. The maximum atomic E-state index is 6.20. The summed E-state index contributed by atoms with van der Waals surface area (Å²) < 4.78 is 7.55. The molecule has 0 radical (unpaired) electrons. The Hall–Kier alpha value is -1.52. The predicted octanol–water partition coefficient (Wildman–Crippen LogP) is 3.29. The minimum atomic E-state index is -0.0737. The van der Waals surface area contributed by atoms with Gasteiger partial charge in [-0.1, -0.05) is 29.3 Å². The van der Waals surface area contributed by atoms with E-state index in [2.05, 4.69) is 11.2 Å². The number of aryl methyl sites for hydroxylation is 3. The summed E-state index contributed by atoms with van der Waals surface area (Å²) in [6.45, 7) is 6.30. The van der Waals surface area contributed by atoms with E-state index in [1.807, 2.05) is 40.0 Å². The highest BCUT2D eigenvalue weighted by Gasteiger charge is 2.14. The molecule has 1 aromatic carbocycles. The molecule has 0 unspecified atom stereocenters. The molecular weight excluding hydrogens is 274 g/mol. The Morgan fingerprint density at radius 2 is 2.10 bits per heavy atom. The molecule has 2 N–H and O–H groups in total. The average molecular weight is 294 g/mol. The first kappa shape index (κ1) is 14.9. The fourth-order valence-corrected chi connectivity index (χ4v) is 2.37. The van der Waals surface area contributed by atoms with Gasteiger partial charge in [-0.15, -0.1) is 0 Å². The van der Waals surface area contributed by atoms with Crippen LogP contribution < -0.4 is 10.5 Å². The number of hydrogen-bond donors (Lipinski definition) is 1. The fraction of sp³-hybridized carbons (Fsp3) is 0.400. The van der Waals surface area contributed by atoms with E-state index in [0.717, 1.165) is 22.6 Å². The number of rotatable bonds is 4. The monoisotopic (exact) mass is 293 g/mol. The zero-order valence-corrected chi connectivity index (χ0v) is 13.0. The summed E-state index contributed by atoms with van der Waals surface area (Å²) in [5.74, 6) is 0.796. The van der Waals surface area contributed by atoms with Crippen LogP contribution in [0.3, 0.4) is 0 Å². The van der Waals surface area contributed by atoms with Crippen molar-refractivity contribution in [3.63, 3.8) is 0 Å². The van der Waals surface area contributed by atoms with Crippen molar-refractivity contribution in [2.24, 2.45) is 12.8 Å². The van der Waals surface area contributed by atoms with Crippen LogP contribution >= 0.6 is 11.6 Å². The average Bonchev–Trinajstić information content (AvgIpc) is 2.62. The van der Waals surface area contributed by atoms with E-state index in [1.165, 1.54) is 5.56 Å². The van der Waals surface area contributed by atoms with E-state index >= 15 is 0 Å². The third kappa shape index (κ3) is 2.97. The second kappa shape index (κ2) is 5.85. The molecule has 108 valence electrons. The Morgan fingerprint density at radius 3 is 2.65 bits per heavy atom. The van der Waals surface area contributed by atoms with Gasteiger partial charge in [-0.2, -0.15) is 5.10 Å². The van der Waals surface area contributed by atoms with Gasteiger partial charge in [-0.3, -0.25) is 4.68 Å². The van der Waals surface area contributed by atoms with Gasteiger partial charge in [-0.05, 0) is 26.8 Å². The van der Waals surface area contributed by atoms with Gasteiger partial charge in [0.05, 0.1) is 5.69 Å². The highest BCUT2D eigenvalue weighted by Crippen LogP contribution is 2.27. The molecule has 1 heterocycles. The van der Waals surface area contributed by atoms with Gasteiger partial charge < -0.3 is 10.5 Å². The van der Waals surface area contributed by atoms with Crippen molar-refractivity contribution >= 4 is 11.6 Å². The standard InChI is InChI=1S/C15H20ClN3O/c1-9-5-6-14(12(7-9)10(2)17)20-8-13-11(3)18-19(4)15(13)16/h5-7,10H,8,17H2,1-4H3/t10-/m0/s1. The number of benzene rings is 1. The van der Waals surface area contributed by atoms with E-state index in [-0.39, 0.29) is 6.04 Å². The highest BCUT2D eigenvalue weighted by atomic mass is 35.5. The molecule has 4 nitrogen and oxygen atoms in total. The lowest BCUT2D eigenvalue weighted by Gasteiger charge is -2.15. The van der Waals surface area contributed by atoms with Crippen molar-refractivity contribution in [3.8, 4) is 5.75 Å². The molecule has 0 spiro atoms. The van der Waals surface area contributed by atoms with Crippen molar-refractivity contribution in [3.05, 3.63) is 45.7 Å². The highest BCUT2D eigenvalue weighted by molar-refractivity contribution is 6.30. The first-order chi connectivity index (χ1) is 9.40. The van der Waals surface area contributed by atoms with Crippen LogP contribution in [0.4, 0.5) is 0 Å². The van der Waals surface area contributed by atoms with Crippen LogP contribution in [0.25, 0.3) is 0 Å². The van der Waals surface area contributed by atoms with Crippen molar-refractivity contribution in [2.45, 2.75) is 33.4 Å². The molecular formula is C15H20ClN3O. The SMILES string of the molecule is Cc1ccc(OCc2c(C)nn(C)c2Cl)c([C@H](C)N)c1. The number of hydrogen-bond acceptors (Lipinski definition) is 3. The molecule has 0 aliphatic carbocycles. The fourth-order valence-electron chi connectivity index (χ4n) is 2.14. The number of aromatic nitrogens is 2. The van der Waals surface area contributed by atoms with Gasteiger partial charge in [0.25, 0.3) is 0 Å². The number of nitrogens with two attached hydrogens (primary N) is 1. The lowest BCUT2D eigenvalue weighted by atomic mass is 10.1. The summed E-state index contributed by atoms with van der Waals surface area (Å²) >= 11 is 6.20. The topological polar surface area (TPSA) is 53.1 Å². The molecule has 0 saturated carbocycles. The summed E-state index contributed by atoms with van der Waals surface area (Å²) in [5.41, 5.74) is 9.95. The molecule has 0 saturated heterocycles. The smallest absolute Gasteiger partial charge is 0.133 e. The largest absolute Gasteiger partial charge is 0.488 e. The van der Waals surface area contributed by atoms with Crippen LogP contribution in [0.2, 0.25) is 5.15 Å².